The van der Waals surface area contributed by atoms with E-state index in [2.05, 4.69) is 36.4 Å². The number of fused-ring (bicyclic) bond motifs is 1. The molecule has 1 fully saturated rings. The van der Waals surface area contributed by atoms with E-state index >= 15 is 0 Å². The number of ether oxygens (including phenoxy) is 1. The Kier molecular flexibility index (Phi) is 5.59. The molecule has 33 heavy (non-hydrogen) atoms. The lowest BCUT2D eigenvalue weighted by Gasteiger charge is -2.26. The van der Waals surface area contributed by atoms with Crippen molar-refractivity contribution in [1.29, 1.82) is 0 Å². The number of aryl methyl sites for hydroxylation is 1. The van der Waals surface area contributed by atoms with E-state index < -0.39 is 11.9 Å². The normalized spacial score (nSPS) is 15.4. The standard InChI is InChI=1S/C22H23F3N6O2/c1-13-8-15(20(33-13)22(23,24)25)10-26-18-11-27-30-19(18)21-28-16-3-2-14(9-17(16)29-21)12-31-4-6-32-7-5-31/h2-3,8-9,11,26H,4-7,10,12H2,1H3,(H,27,30)(H,28,29). The van der Waals surface area contributed by atoms with Crippen LogP contribution in [0.3, 0.4) is 0 Å². The number of anilines is 1. The summed E-state index contributed by atoms with van der Waals surface area (Å²) in [5.41, 5.74) is 3.87. The van der Waals surface area contributed by atoms with Crippen molar-refractivity contribution in [3.63, 3.8) is 0 Å². The van der Waals surface area contributed by atoms with Crippen LogP contribution in [0.5, 0.6) is 0 Å². The molecule has 0 amide bonds. The second-order valence-electron chi connectivity index (χ2n) is 8.04. The summed E-state index contributed by atoms with van der Waals surface area (Å²) in [6, 6.07) is 7.45. The smallest absolute Gasteiger partial charge is 0.449 e. The lowest BCUT2D eigenvalue weighted by atomic mass is 10.2. The number of hydrogen-bond donors (Lipinski definition) is 3. The SMILES string of the molecule is Cc1cc(CNc2c[nH]nc2-c2nc3cc(CN4CCOCC4)ccc3[nH]2)c(C(F)(F)F)o1. The molecule has 3 N–H and O–H groups in total. The van der Waals surface area contributed by atoms with Gasteiger partial charge in [0, 0.05) is 37.9 Å². The third kappa shape index (κ3) is 4.60. The number of hydrogen-bond acceptors (Lipinski definition) is 6. The third-order valence-electron chi connectivity index (χ3n) is 5.58. The molecular formula is C22H23F3N6O2. The number of aromatic amines is 2. The van der Waals surface area contributed by atoms with Crippen LogP contribution < -0.4 is 5.32 Å². The molecule has 1 aliphatic rings. The van der Waals surface area contributed by atoms with Crippen molar-refractivity contribution < 1.29 is 22.3 Å². The molecule has 3 aromatic heterocycles. The molecule has 0 spiro atoms. The zero-order chi connectivity index (χ0) is 23.0. The average Bonchev–Trinajstić information content (AvgIpc) is 3.49. The molecule has 0 unspecified atom stereocenters. The maximum absolute atomic E-state index is 13.2. The summed E-state index contributed by atoms with van der Waals surface area (Å²) >= 11 is 0. The number of halogens is 3. The molecule has 1 aliphatic heterocycles. The van der Waals surface area contributed by atoms with Crippen LogP contribution >= 0.6 is 0 Å². The van der Waals surface area contributed by atoms with Crippen LogP contribution in [0.4, 0.5) is 18.9 Å². The maximum Gasteiger partial charge on any atom is 0.449 e. The minimum atomic E-state index is -4.55. The molecule has 1 aromatic carbocycles. The monoisotopic (exact) mass is 460 g/mol. The maximum atomic E-state index is 13.2. The highest BCUT2D eigenvalue weighted by atomic mass is 19.4. The Labute approximate surface area is 187 Å². The molecule has 0 aliphatic carbocycles. The lowest BCUT2D eigenvalue weighted by Crippen LogP contribution is -2.35. The Hall–Kier alpha value is -3.31. The van der Waals surface area contributed by atoms with Gasteiger partial charge in [0.15, 0.2) is 11.5 Å². The van der Waals surface area contributed by atoms with Crippen molar-refractivity contribution >= 4 is 16.7 Å². The second kappa shape index (κ2) is 8.56. The van der Waals surface area contributed by atoms with Crippen LogP contribution in [0.1, 0.15) is 22.6 Å². The van der Waals surface area contributed by atoms with E-state index in [4.69, 9.17) is 9.15 Å². The molecule has 0 atom stereocenters. The highest BCUT2D eigenvalue weighted by Gasteiger charge is 2.37. The van der Waals surface area contributed by atoms with Gasteiger partial charge in [0.25, 0.3) is 0 Å². The number of morpholine rings is 1. The number of imidazole rings is 1. The number of aromatic nitrogens is 4. The van der Waals surface area contributed by atoms with Gasteiger partial charge in [-0.05, 0) is 30.7 Å². The minimum Gasteiger partial charge on any atom is -0.456 e. The van der Waals surface area contributed by atoms with Gasteiger partial charge in [0.05, 0.1) is 29.9 Å². The molecule has 0 saturated carbocycles. The molecule has 0 bridgehead atoms. The predicted molar refractivity (Wildman–Crippen MR) is 116 cm³/mol. The summed E-state index contributed by atoms with van der Waals surface area (Å²) in [4.78, 5) is 10.2. The summed E-state index contributed by atoms with van der Waals surface area (Å²) in [7, 11) is 0. The second-order valence-corrected chi connectivity index (χ2v) is 8.04. The van der Waals surface area contributed by atoms with Gasteiger partial charge < -0.3 is 19.5 Å². The highest BCUT2D eigenvalue weighted by Crippen LogP contribution is 2.35. The quantitative estimate of drug-likeness (QED) is 0.397. The largest absolute Gasteiger partial charge is 0.456 e. The summed E-state index contributed by atoms with van der Waals surface area (Å²) in [6.45, 7) is 5.53. The van der Waals surface area contributed by atoms with Crippen molar-refractivity contribution in [2.45, 2.75) is 26.2 Å². The molecular weight excluding hydrogens is 437 g/mol. The van der Waals surface area contributed by atoms with Crippen molar-refractivity contribution in [1.82, 2.24) is 25.1 Å². The van der Waals surface area contributed by atoms with Crippen LogP contribution in [0.2, 0.25) is 0 Å². The van der Waals surface area contributed by atoms with Gasteiger partial charge in [-0.1, -0.05) is 6.07 Å². The number of nitrogens with zero attached hydrogens (tertiary/aromatic N) is 3. The fourth-order valence-electron chi connectivity index (χ4n) is 4.01. The van der Waals surface area contributed by atoms with Crippen molar-refractivity contribution in [2.75, 3.05) is 31.6 Å². The van der Waals surface area contributed by atoms with Gasteiger partial charge in [0.1, 0.15) is 5.76 Å². The first kappa shape index (κ1) is 21.5. The van der Waals surface area contributed by atoms with Crippen LogP contribution in [0, 0.1) is 6.92 Å². The van der Waals surface area contributed by atoms with Gasteiger partial charge in [-0.25, -0.2) is 4.98 Å². The van der Waals surface area contributed by atoms with Gasteiger partial charge in [0.2, 0.25) is 5.76 Å². The number of furan rings is 1. The van der Waals surface area contributed by atoms with E-state index in [-0.39, 0.29) is 17.9 Å². The zero-order valence-electron chi connectivity index (χ0n) is 17.9. The molecule has 174 valence electrons. The van der Waals surface area contributed by atoms with E-state index in [9.17, 15) is 13.2 Å². The summed E-state index contributed by atoms with van der Waals surface area (Å²) in [5.74, 6) is -0.262. The third-order valence-corrected chi connectivity index (χ3v) is 5.58. The fourth-order valence-corrected chi connectivity index (χ4v) is 4.01. The number of nitrogens with one attached hydrogen (secondary N) is 3. The predicted octanol–water partition coefficient (Wildman–Crippen LogP) is 4.32. The van der Waals surface area contributed by atoms with E-state index in [1.165, 1.54) is 13.0 Å². The van der Waals surface area contributed by atoms with E-state index in [1.54, 1.807) is 6.20 Å². The van der Waals surface area contributed by atoms with Crippen molar-refractivity contribution in [2.24, 2.45) is 0 Å². The van der Waals surface area contributed by atoms with E-state index in [1.807, 2.05) is 12.1 Å². The fraction of sp³-hybridized carbons (Fsp3) is 0.364. The van der Waals surface area contributed by atoms with Gasteiger partial charge in [-0.15, -0.1) is 0 Å². The molecule has 0 radical (unpaired) electrons. The molecule has 4 heterocycles. The summed E-state index contributed by atoms with van der Waals surface area (Å²) in [6.07, 6.45) is -2.96. The van der Waals surface area contributed by atoms with Crippen molar-refractivity contribution in [3.05, 3.63) is 53.1 Å². The van der Waals surface area contributed by atoms with Crippen LogP contribution in [0.25, 0.3) is 22.6 Å². The summed E-state index contributed by atoms with van der Waals surface area (Å²) < 4.78 is 49.9. The summed E-state index contributed by atoms with van der Waals surface area (Å²) in [5, 5.41) is 10.0. The Morgan fingerprint density at radius 1 is 1.18 bits per heavy atom. The van der Waals surface area contributed by atoms with Crippen LogP contribution in [-0.2, 0) is 24.0 Å². The van der Waals surface area contributed by atoms with Crippen LogP contribution in [-0.4, -0.2) is 51.4 Å². The first-order chi connectivity index (χ1) is 15.9. The molecule has 11 heteroatoms. The Balaban J connectivity index is 1.34. The molecule has 8 nitrogen and oxygen atoms in total. The lowest BCUT2D eigenvalue weighted by molar-refractivity contribution is -0.154. The van der Waals surface area contributed by atoms with E-state index in [0.29, 0.717) is 17.2 Å². The number of H-pyrrole nitrogens is 2. The van der Waals surface area contributed by atoms with Gasteiger partial charge in [-0.3, -0.25) is 10.00 Å². The van der Waals surface area contributed by atoms with E-state index in [0.717, 1.165) is 49.4 Å². The number of alkyl halides is 3. The molecule has 1 saturated heterocycles. The Morgan fingerprint density at radius 3 is 2.79 bits per heavy atom. The highest BCUT2D eigenvalue weighted by molar-refractivity contribution is 5.82. The molecule has 4 aromatic rings. The van der Waals surface area contributed by atoms with Gasteiger partial charge >= 0.3 is 6.18 Å². The average molecular weight is 460 g/mol. The number of rotatable bonds is 6. The van der Waals surface area contributed by atoms with Crippen molar-refractivity contribution in [3.8, 4) is 11.5 Å². The number of benzene rings is 1. The first-order valence-electron chi connectivity index (χ1n) is 10.6. The Morgan fingerprint density at radius 2 is 2.00 bits per heavy atom. The van der Waals surface area contributed by atoms with Gasteiger partial charge in [-0.2, -0.15) is 18.3 Å². The Bertz CT molecular complexity index is 1250. The minimum absolute atomic E-state index is 0.0320. The van der Waals surface area contributed by atoms with Crippen LogP contribution in [0.15, 0.2) is 34.9 Å². The first-order valence-corrected chi connectivity index (χ1v) is 10.6. The topological polar surface area (TPSA) is 95.0 Å². The molecule has 5 rings (SSSR count). The zero-order valence-corrected chi connectivity index (χ0v) is 17.9.